The van der Waals surface area contributed by atoms with Crippen LogP contribution in [-0.4, -0.2) is 50.1 Å². The molecule has 0 spiro atoms. The van der Waals surface area contributed by atoms with E-state index < -0.39 is 0 Å². The molecule has 1 fully saturated rings. The van der Waals surface area contributed by atoms with Gasteiger partial charge in [0.1, 0.15) is 11.5 Å². The second kappa shape index (κ2) is 8.92. The molecule has 1 aromatic rings. The number of nitrogens with one attached hydrogen (secondary N) is 1. The highest BCUT2D eigenvalue weighted by Crippen LogP contribution is 2.30. The molecular weight excluding hydrogens is 332 g/mol. The van der Waals surface area contributed by atoms with Gasteiger partial charge in [-0.2, -0.15) is 0 Å². The fourth-order valence-electron chi connectivity index (χ4n) is 3.55. The minimum atomic E-state index is 0.0509. The summed E-state index contributed by atoms with van der Waals surface area (Å²) in [6, 6.07) is 5.87. The van der Waals surface area contributed by atoms with E-state index in [9.17, 15) is 9.59 Å². The molecule has 2 aliphatic heterocycles. The fourth-order valence-corrected chi connectivity index (χ4v) is 3.55. The summed E-state index contributed by atoms with van der Waals surface area (Å²) in [6.45, 7) is 2.74. The lowest BCUT2D eigenvalue weighted by Gasteiger charge is -2.27. The molecule has 2 aliphatic rings. The summed E-state index contributed by atoms with van der Waals surface area (Å²) in [4.78, 5) is 25.7. The van der Waals surface area contributed by atoms with Crippen LogP contribution in [0.5, 0.6) is 11.5 Å². The highest BCUT2D eigenvalue weighted by atomic mass is 16.5. The van der Waals surface area contributed by atoms with Gasteiger partial charge >= 0.3 is 0 Å². The Balaban J connectivity index is 1.36. The van der Waals surface area contributed by atoms with Gasteiger partial charge < -0.3 is 19.7 Å². The second-order valence-electron chi connectivity index (χ2n) is 7.10. The topological polar surface area (TPSA) is 67.9 Å². The van der Waals surface area contributed by atoms with Crippen LogP contribution >= 0.6 is 0 Å². The van der Waals surface area contributed by atoms with Gasteiger partial charge in [0, 0.05) is 44.5 Å². The van der Waals surface area contributed by atoms with Crippen molar-refractivity contribution in [2.75, 3.05) is 33.4 Å². The molecule has 0 unspecified atom stereocenters. The molecule has 1 N–H and O–H groups in total. The first-order valence-corrected chi connectivity index (χ1v) is 9.50. The van der Waals surface area contributed by atoms with E-state index in [0.29, 0.717) is 32.5 Å². The average molecular weight is 360 g/mol. The molecule has 0 saturated carbocycles. The van der Waals surface area contributed by atoms with Gasteiger partial charge in [-0.15, -0.1) is 0 Å². The van der Waals surface area contributed by atoms with E-state index >= 15 is 0 Å². The van der Waals surface area contributed by atoms with E-state index in [1.807, 2.05) is 23.1 Å². The van der Waals surface area contributed by atoms with E-state index in [1.165, 1.54) is 0 Å². The number of methoxy groups -OCH3 is 1. The summed E-state index contributed by atoms with van der Waals surface area (Å²) < 4.78 is 11.0. The van der Waals surface area contributed by atoms with Crippen molar-refractivity contribution >= 4 is 11.8 Å². The summed E-state index contributed by atoms with van der Waals surface area (Å²) in [5.74, 6) is 2.23. The number of carbonyl (C=O) groups is 2. The predicted molar refractivity (Wildman–Crippen MR) is 98.4 cm³/mol. The maximum Gasteiger partial charge on any atom is 0.222 e. The van der Waals surface area contributed by atoms with Crippen LogP contribution in [0.4, 0.5) is 0 Å². The third kappa shape index (κ3) is 4.90. The van der Waals surface area contributed by atoms with Gasteiger partial charge in [-0.3, -0.25) is 9.59 Å². The van der Waals surface area contributed by atoms with Crippen LogP contribution in [0.2, 0.25) is 0 Å². The van der Waals surface area contributed by atoms with Gasteiger partial charge in [0.2, 0.25) is 11.8 Å². The van der Waals surface area contributed by atoms with Crippen LogP contribution in [0.1, 0.15) is 37.7 Å². The molecule has 142 valence electrons. The lowest BCUT2D eigenvalue weighted by Crippen LogP contribution is -2.37. The molecule has 2 heterocycles. The number of piperidine rings is 1. The lowest BCUT2D eigenvalue weighted by atomic mass is 9.96. The normalized spacial score (nSPS) is 19.5. The van der Waals surface area contributed by atoms with Crippen molar-refractivity contribution in [3.05, 3.63) is 23.8 Å². The molecule has 1 aromatic carbocycles. The van der Waals surface area contributed by atoms with E-state index in [1.54, 1.807) is 7.11 Å². The smallest absolute Gasteiger partial charge is 0.222 e. The molecule has 1 saturated heterocycles. The molecule has 0 bridgehead atoms. The summed E-state index contributed by atoms with van der Waals surface area (Å²) >= 11 is 0. The molecule has 6 nitrogen and oxygen atoms in total. The Bertz CT molecular complexity index is 647. The largest absolute Gasteiger partial charge is 0.497 e. The number of fused-ring (bicyclic) bond motifs is 1. The molecule has 0 radical (unpaired) electrons. The molecule has 0 aliphatic carbocycles. The first kappa shape index (κ1) is 18.5. The quantitative estimate of drug-likeness (QED) is 0.809. The SMILES string of the molecule is COc1ccc2c(c1)OC[C@@H](CNC(=O)CCCN1CCCCC1=O)C2. The van der Waals surface area contributed by atoms with Crippen LogP contribution in [0, 0.1) is 5.92 Å². The Labute approximate surface area is 154 Å². The average Bonchev–Trinajstić information content (AvgIpc) is 2.67. The van der Waals surface area contributed by atoms with Gasteiger partial charge in [-0.05, 0) is 37.3 Å². The van der Waals surface area contributed by atoms with Crippen LogP contribution in [0.15, 0.2) is 18.2 Å². The zero-order chi connectivity index (χ0) is 18.4. The zero-order valence-electron chi connectivity index (χ0n) is 15.5. The summed E-state index contributed by atoms with van der Waals surface area (Å²) in [6.07, 6.45) is 4.80. The van der Waals surface area contributed by atoms with Crippen LogP contribution in [0.3, 0.4) is 0 Å². The minimum Gasteiger partial charge on any atom is -0.497 e. The van der Waals surface area contributed by atoms with Gasteiger partial charge in [0.05, 0.1) is 13.7 Å². The van der Waals surface area contributed by atoms with E-state index in [4.69, 9.17) is 9.47 Å². The summed E-state index contributed by atoms with van der Waals surface area (Å²) in [7, 11) is 1.64. The van der Waals surface area contributed by atoms with Gasteiger partial charge in [-0.1, -0.05) is 6.07 Å². The molecule has 0 aromatic heterocycles. The summed E-state index contributed by atoms with van der Waals surface area (Å²) in [5, 5.41) is 3.01. The maximum absolute atomic E-state index is 12.1. The number of amides is 2. The number of nitrogens with zero attached hydrogens (tertiary/aromatic N) is 1. The molecule has 3 rings (SSSR count). The highest BCUT2D eigenvalue weighted by Gasteiger charge is 2.21. The van der Waals surface area contributed by atoms with E-state index in [0.717, 1.165) is 49.3 Å². The Morgan fingerprint density at radius 1 is 1.38 bits per heavy atom. The number of ether oxygens (including phenoxy) is 2. The minimum absolute atomic E-state index is 0.0509. The van der Waals surface area contributed by atoms with Gasteiger partial charge in [-0.25, -0.2) is 0 Å². The number of hydrogen-bond donors (Lipinski definition) is 1. The van der Waals surface area contributed by atoms with Crippen molar-refractivity contribution in [1.29, 1.82) is 0 Å². The van der Waals surface area contributed by atoms with Crippen LogP contribution < -0.4 is 14.8 Å². The summed E-state index contributed by atoms with van der Waals surface area (Å²) in [5.41, 5.74) is 1.15. The molecule has 2 amide bonds. The number of carbonyl (C=O) groups excluding carboxylic acids is 2. The van der Waals surface area contributed by atoms with Crippen LogP contribution in [-0.2, 0) is 16.0 Å². The third-order valence-electron chi connectivity index (χ3n) is 5.10. The number of likely N-dealkylation sites (tertiary alicyclic amines) is 1. The number of hydrogen-bond acceptors (Lipinski definition) is 4. The maximum atomic E-state index is 12.1. The third-order valence-corrected chi connectivity index (χ3v) is 5.10. The zero-order valence-corrected chi connectivity index (χ0v) is 15.5. The first-order valence-electron chi connectivity index (χ1n) is 9.50. The van der Waals surface area contributed by atoms with Crippen LogP contribution in [0.25, 0.3) is 0 Å². The van der Waals surface area contributed by atoms with Gasteiger partial charge in [0.15, 0.2) is 0 Å². The van der Waals surface area contributed by atoms with Gasteiger partial charge in [0.25, 0.3) is 0 Å². The van der Waals surface area contributed by atoms with Crippen molar-refractivity contribution in [3.63, 3.8) is 0 Å². The van der Waals surface area contributed by atoms with Crippen molar-refractivity contribution < 1.29 is 19.1 Å². The van der Waals surface area contributed by atoms with Crippen molar-refractivity contribution in [1.82, 2.24) is 10.2 Å². The Morgan fingerprint density at radius 3 is 3.08 bits per heavy atom. The Hall–Kier alpha value is -2.24. The Kier molecular flexibility index (Phi) is 6.36. The molecule has 26 heavy (non-hydrogen) atoms. The first-order chi connectivity index (χ1) is 12.7. The molecule has 6 heteroatoms. The number of benzene rings is 1. The molecular formula is C20H28N2O4. The highest BCUT2D eigenvalue weighted by molar-refractivity contribution is 5.77. The second-order valence-corrected chi connectivity index (χ2v) is 7.10. The molecule has 1 atom stereocenters. The van der Waals surface area contributed by atoms with E-state index in [2.05, 4.69) is 5.32 Å². The van der Waals surface area contributed by atoms with E-state index in [-0.39, 0.29) is 17.7 Å². The predicted octanol–water partition coefficient (Wildman–Crippen LogP) is 2.16. The van der Waals surface area contributed by atoms with Crippen molar-refractivity contribution in [2.24, 2.45) is 5.92 Å². The lowest BCUT2D eigenvalue weighted by molar-refractivity contribution is -0.133. The standard InChI is InChI=1S/C20H28N2O4/c1-25-17-8-7-16-11-15(14-26-18(16)12-17)13-21-19(23)5-4-10-22-9-3-2-6-20(22)24/h7-8,12,15H,2-6,9-11,13-14H2,1H3,(H,21,23)/t15-/m1/s1. The monoisotopic (exact) mass is 360 g/mol. The van der Waals surface area contributed by atoms with Crippen molar-refractivity contribution in [3.8, 4) is 11.5 Å². The fraction of sp³-hybridized carbons (Fsp3) is 0.600. The Morgan fingerprint density at radius 2 is 2.27 bits per heavy atom. The van der Waals surface area contributed by atoms with Crippen molar-refractivity contribution in [2.45, 2.75) is 38.5 Å². The number of rotatable bonds is 7.